The van der Waals surface area contributed by atoms with Crippen molar-refractivity contribution in [3.8, 4) is 0 Å². The third kappa shape index (κ3) is 5.16. The first kappa shape index (κ1) is 23.2. The topological polar surface area (TPSA) is 90.7 Å². The molecule has 8 nitrogen and oxygen atoms in total. The van der Waals surface area contributed by atoms with Gasteiger partial charge >= 0.3 is 5.97 Å². The van der Waals surface area contributed by atoms with Crippen LogP contribution >= 0.6 is 0 Å². The molecular weight excluding hydrogens is 442 g/mol. The van der Waals surface area contributed by atoms with Crippen LogP contribution in [0.1, 0.15) is 23.9 Å². The number of rotatable bonds is 7. The lowest BCUT2D eigenvalue weighted by molar-refractivity contribution is -0.139. The minimum Gasteiger partial charge on any atom is -0.454 e. The Morgan fingerprint density at radius 1 is 1.15 bits per heavy atom. The van der Waals surface area contributed by atoms with Crippen molar-refractivity contribution in [3.63, 3.8) is 0 Å². The second-order valence-corrected chi connectivity index (χ2v) is 9.73. The molecule has 0 radical (unpaired) electrons. The first-order valence-electron chi connectivity index (χ1n) is 10.9. The van der Waals surface area contributed by atoms with E-state index in [4.69, 9.17) is 9.47 Å². The number of esters is 1. The molecule has 0 unspecified atom stereocenters. The molecule has 0 aliphatic carbocycles. The van der Waals surface area contributed by atoms with Crippen LogP contribution in [0.5, 0.6) is 0 Å². The summed E-state index contributed by atoms with van der Waals surface area (Å²) in [5, 5.41) is 0. The van der Waals surface area contributed by atoms with E-state index in [1.54, 1.807) is 24.3 Å². The van der Waals surface area contributed by atoms with Gasteiger partial charge in [0.1, 0.15) is 12.4 Å². The summed E-state index contributed by atoms with van der Waals surface area (Å²) >= 11 is 0. The summed E-state index contributed by atoms with van der Waals surface area (Å²) in [6.45, 7) is 6.01. The summed E-state index contributed by atoms with van der Waals surface area (Å²) in [4.78, 5) is 16.9. The van der Waals surface area contributed by atoms with Crippen LogP contribution in [-0.4, -0.2) is 54.5 Å². The van der Waals surface area contributed by atoms with Gasteiger partial charge in [-0.05, 0) is 43.7 Å². The zero-order valence-electron chi connectivity index (χ0n) is 18.7. The molecule has 1 aliphatic rings. The highest BCUT2D eigenvalue weighted by molar-refractivity contribution is 7.89. The van der Waals surface area contributed by atoms with Crippen molar-refractivity contribution in [2.24, 2.45) is 0 Å². The lowest BCUT2D eigenvalue weighted by Gasteiger charge is -2.26. The summed E-state index contributed by atoms with van der Waals surface area (Å²) in [5.74, 6) is 0.0892. The second kappa shape index (κ2) is 9.86. The van der Waals surface area contributed by atoms with Gasteiger partial charge in [0.05, 0.1) is 29.1 Å². The number of hydrogen-bond acceptors (Lipinski definition) is 6. The van der Waals surface area contributed by atoms with E-state index in [2.05, 4.69) is 4.98 Å². The van der Waals surface area contributed by atoms with Gasteiger partial charge in [0.25, 0.3) is 0 Å². The molecule has 0 N–H and O–H groups in total. The maximum Gasteiger partial charge on any atom is 0.331 e. The van der Waals surface area contributed by atoms with Gasteiger partial charge in [0, 0.05) is 25.7 Å². The zero-order chi connectivity index (χ0) is 23.4. The molecule has 1 saturated heterocycles. The van der Waals surface area contributed by atoms with Crippen molar-refractivity contribution in [3.05, 3.63) is 65.5 Å². The van der Waals surface area contributed by atoms with Crippen LogP contribution in [0.4, 0.5) is 0 Å². The second-order valence-electron chi connectivity index (χ2n) is 7.79. The molecule has 2 aromatic carbocycles. The van der Waals surface area contributed by atoms with Crippen LogP contribution < -0.4 is 0 Å². The fourth-order valence-corrected chi connectivity index (χ4v) is 5.17. The highest BCUT2D eigenvalue weighted by atomic mass is 32.2. The van der Waals surface area contributed by atoms with E-state index in [1.165, 1.54) is 10.4 Å². The van der Waals surface area contributed by atoms with Crippen LogP contribution in [0, 0.1) is 6.92 Å². The summed E-state index contributed by atoms with van der Waals surface area (Å²) in [7, 11) is -3.62. The SMILES string of the molecule is CCn1c(COC(=O)/C=C/c2ccc(C)cc2)nc2cc(S(=O)(=O)N3CCOCC3)ccc21. The molecule has 0 atom stereocenters. The number of aryl methyl sites for hydroxylation is 2. The van der Waals surface area contributed by atoms with Gasteiger partial charge in [0.15, 0.2) is 0 Å². The van der Waals surface area contributed by atoms with E-state index < -0.39 is 16.0 Å². The Balaban J connectivity index is 1.50. The maximum absolute atomic E-state index is 13.0. The normalized spacial score (nSPS) is 15.3. The standard InChI is InChI=1S/C24H27N3O5S/c1-3-27-22-10-9-20(33(29,30)26-12-14-31-15-13-26)16-21(22)25-23(27)17-32-24(28)11-8-19-6-4-18(2)5-7-19/h4-11,16H,3,12-15,17H2,1-2H3/b11-8+. The molecular formula is C24H27N3O5S. The minimum absolute atomic E-state index is 0.00879. The number of carbonyl (C=O) groups is 1. The molecule has 1 aromatic heterocycles. The van der Waals surface area contributed by atoms with Gasteiger partial charge in [-0.1, -0.05) is 29.8 Å². The van der Waals surface area contributed by atoms with Gasteiger partial charge in [-0.15, -0.1) is 0 Å². The number of imidazole rings is 1. The molecule has 9 heteroatoms. The molecule has 0 bridgehead atoms. The number of nitrogens with zero attached hydrogens (tertiary/aromatic N) is 3. The van der Waals surface area contributed by atoms with Crippen LogP contribution in [0.15, 0.2) is 53.4 Å². The number of morpholine rings is 1. The summed E-state index contributed by atoms with van der Waals surface area (Å²) in [6.07, 6.45) is 3.09. The predicted octanol–water partition coefficient (Wildman–Crippen LogP) is 3.14. The third-order valence-corrected chi connectivity index (χ3v) is 7.45. The van der Waals surface area contributed by atoms with Crippen molar-refractivity contribution in [1.82, 2.24) is 13.9 Å². The Kier molecular flexibility index (Phi) is 6.92. The monoisotopic (exact) mass is 469 g/mol. The average molecular weight is 470 g/mol. The smallest absolute Gasteiger partial charge is 0.331 e. The fourth-order valence-electron chi connectivity index (χ4n) is 3.74. The fraction of sp³-hybridized carbons (Fsp3) is 0.333. The van der Waals surface area contributed by atoms with E-state index in [9.17, 15) is 13.2 Å². The van der Waals surface area contributed by atoms with Crippen molar-refractivity contribution >= 4 is 33.1 Å². The number of sulfonamides is 1. The summed E-state index contributed by atoms with van der Waals surface area (Å²) in [6, 6.07) is 12.7. The van der Waals surface area contributed by atoms with E-state index in [-0.39, 0.29) is 11.5 Å². The van der Waals surface area contributed by atoms with E-state index in [0.717, 1.165) is 16.6 Å². The van der Waals surface area contributed by atoms with Crippen LogP contribution in [-0.2, 0) is 37.4 Å². The number of benzene rings is 2. The molecule has 174 valence electrons. The van der Waals surface area contributed by atoms with Crippen molar-refractivity contribution < 1.29 is 22.7 Å². The number of aromatic nitrogens is 2. The summed E-state index contributed by atoms with van der Waals surface area (Å²) in [5.41, 5.74) is 3.40. The zero-order valence-corrected chi connectivity index (χ0v) is 19.5. The van der Waals surface area contributed by atoms with Gasteiger partial charge in [0.2, 0.25) is 10.0 Å². The van der Waals surface area contributed by atoms with Crippen LogP contribution in [0.2, 0.25) is 0 Å². The number of carbonyl (C=O) groups excluding carboxylic acids is 1. The molecule has 1 aliphatic heterocycles. The number of fused-ring (bicyclic) bond motifs is 1. The highest BCUT2D eigenvalue weighted by Crippen LogP contribution is 2.24. The largest absolute Gasteiger partial charge is 0.454 e. The summed E-state index contributed by atoms with van der Waals surface area (Å²) < 4.78 is 39.9. The third-order valence-electron chi connectivity index (χ3n) is 5.56. The van der Waals surface area contributed by atoms with Crippen molar-refractivity contribution in [1.29, 1.82) is 0 Å². The quantitative estimate of drug-likeness (QED) is 0.390. The van der Waals surface area contributed by atoms with Crippen LogP contribution in [0.25, 0.3) is 17.1 Å². The van der Waals surface area contributed by atoms with Crippen molar-refractivity contribution in [2.75, 3.05) is 26.3 Å². The lowest BCUT2D eigenvalue weighted by Crippen LogP contribution is -2.40. The average Bonchev–Trinajstić information content (AvgIpc) is 3.19. The first-order valence-corrected chi connectivity index (χ1v) is 12.3. The Morgan fingerprint density at radius 3 is 2.58 bits per heavy atom. The first-order chi connectivity index (χ1) is 15.9. The lowest BCUT2D eigenvalue weighted by atomic mass is 10.1. The predicted molar refractivity (Wildman–Crippen MR) is 125 cm³/mol. The van der Waals surface area contributed by atoms with Gasteiger partial charge < -0.3 is 14.0 Å². The number of hydrogen-bond donors (Lipinski definition) is 0. The highest BCUT2D eigenvalue weighted by Gasteiger charge is 2.27. The molecule has 33 heavy (non-hydrogen) atoms. The van der Waals surface area contributed by atoms with E-state index >= 15 is 0 Å². The Labute approximate surface area is 193 Å². The van der Waals surface area contributed by atoms with Gasteiger partial charge in [-0.3, -0.25) is 0 Å². The van der Waals surface area contributed by atoms with Gasteiger partial charge in [-0.2, -0.15) is 4.31 Å². The molecule has 0 saturated carbocycles. The van der Waals surface area contributed by atoms with E-state index in [1.807, 2.05) is 42.7 Å². The maximum atomic E-state index is 13.0. The molecule has 4 rings (SSSR count). The van der Waals surface area contributed by atoms with Gasteiger partial charge in [-0.25, -0.2) is 18.2 Å². The van der Waals surface area contributed by atoms with Crippen LogP contribution in [0.3, 0.4) is 0 Å². The molecule has 2 heterocycles. The molecule has 3 aromatic rings. The minimum atomic E-state index is -3.62. The van der Waals surface area contributed by atoms with E-state index in [0.29, 0.717) is 44.2 Å². The number of ether oxygens (including phenoxy) is 2. The Hall–Kier alpha value is -3.01. The molecule has 0 spiro atoms. The molecule has 1 fully saturated rings. The van der Waals surface area contributed by atoms with Crippen molar-refractivity contribution in [2.45, 2.75) is 31.9 Å². The Bertz CT molecular complexity index is 1270. The molecule has 0 amide bonds. The Morgan fingerprint density at radius 2 is 1.88 bits per heavy atom.